The van der Waals surface area contributed by atoms with Gasteiger partial charge in [-0.25, -0.2) is 4.39 Å². The number of aryl methyl sites for hydroxylation is 1. The van der Waals surface area contributed by atoms with E-state index >= 15 is 0 Å². The monoisotopic (exact) mass is 242 g/mol. The highest BCUT2D eigenvalue weighted by Gasteiger charge is 2.11. The molecular weight excluding hydrogens is 231 g/mol. The van der Waals surface area contributed by atoms with Gasteiger partial charge in [0.2, 0.25) is 0 Å². The van der Waals surface area contributed by atoms with E-state index in [-0.39, 0.29) is 11.3 Å². The maximum atomic E-state index is 13.4. The number of nitrogen functional groups attached to an aromatic ring is 1. The average Bonchev–Trinajstić information content (AvgIpc) is 2.35. The first-order chi connectivity index (χ1) is 8.63. The second kappa shape index (κ2) is 4.76. The number of halogens is 1. The summed E-state index contributed by atoms with van der Waals surface area (Å²) in [4.78, 5) is 0. The summed E-state index contributed by atoms with van der Waals surface area (Å²) in [5.74, 6) is -0.0341. The normalized spacial score (nSPS) is 9.83. The molecule has 2 aromatic carbocycles. The molecular formula is C14H11FN2O. The average molecular weight is 242 g/mol. The van der Waals surface area contributed by atoms with Crippen molar-refractivity contribution < 1.29 is 9.13 Å². The predicted octanol–water partition coefficient (Wildman–Crippen LogP) is 3.38. The van der Waals surface area contributed by atoms with Crippen molar-refractivity contribution in [1.82, 2.24) is 0 Å². The fourth-order valence-electron chi connectivity index (χ4n) is 1.56. The van der Waals surface area contributed by atoms with Crippen molar-refractivity contribution in [3.05, 3.63) is 53.3 Å². The lowest BCUT2D eigenvalue weighted by atomic mass is 10.2. The van der Waals surface area contributed by atoms with Crippen molar-refractivity contribution in [3.63, 3.8) is 0 Å². The third kappa shape index (κ3) is 2.11. The zero-order chi connectivity index (χ0) is 13.1. The van der Waals surface area contributed by atoms with Crippen LogP contribution in [0.4, 0.5) is 10.1 Å². The molecule has 0 heterocycles. The van der Waals surface area contributed by atoms with Crippen molar-refractivity contribution in [2.75, 3.05) is 5.73 Å². The van der Waals surface area contributed by atoms with Gasteiger partial charge in [-0.05, 0) is 30.7 Å². The van der Waals surface area contributed by atoms with E-state index in [0.29, 0.717) is 11.4 Å². The van der Waals surface area contributed by atoms with Crippen molar-refractivity contribution >= 4 is 5.69 Å². The number of nitrogens with two attached hydrogens (primary N) is 1. The molecule has 2 N–H and O–H groups in total. The summed E-state index contributed by atoms with van der Waals surface area (Å²) in [6.45, 7) is 1.85. The van der Waals surface area contributed by atoms with Gasteiger partial charge in [-0.1, -0.05) is 18.2 Å². The van der Waals surface area contributed by atoms with Crippen molar-refractivity contribution in [3.8, 4) is 17.6 Å². The number of anilines is 1. The summed E-state index contributed by atoms with van der Waals surface area (Å²) in [6.07, 6.45) is 0. The lowest BCUT2D eigenvalue weighted by Gasteiger charge is -2.11. The van der Waals surface area contributed by atoms with Crippen LogP contribution >= 0.6 is 0 Å². The van der Waals surface area contributed by atoms with Crippen LogP contribution in [-0.2, 0) is 0 Å². The first-order valence-electron chi connectivity index (χ1n) is 5.35. The molecule has 0 radical (unpaired) electrons. The molecule has 0 aromatic heterocycles. The fourth-order valence-corrected chi connectivity index (χ4v) is 1.56. The van der Waals surface area contributed by atoms with Crippen LogP contribution < -0.4 is 10.5 Å². The smallest absolute Gasteiger partial charge is 0.150 e. The molecule has 0 aliphatic rings. The Hall–Kier alpha value is -2.54. The van der Waals surface area contributed by atoms with E-state index in [1.165, 1.54) is 18.2 Å². The van der Waals surface area contributed by atoms with E-state index in [4.69, 9.17) is 15.7 Å². The number of para-hydroxylation sites is 1. The Morgan fingerprint density at radius 3 is 2.56 bits per heavy atom. The Morgan fingerprint density at radius 2 is 1.83 bits per heavy atom. The predicted molar refractivity (Wildman–Crippen MR) is 66.8 cm³/mol. The van der Waals surface area contributed by atoms with Crippen LogP contribution in [0.5, 0.6) is 11.5 Å². The minimum atomic E-state index is -0.610. The summed E-state index contributed by atoms with van der Waals surface area (Å²) in [7, 11) is 0. The molecule has 3 nitrogen and oxygen atoms in total. The van der Waals surface area contributed by atoms with Gasteiger partial charge in [0.25, 0.3) is 0 Å². The molecule has 0 aliphatic heterocycles. The molecule has 0 aliphatic carbocycles. The molecule has 0 saturated heterocycles. The molecule has 2 aromatic rings. The van der Waals surface area contributed by atoms with E-state index in [1.807, 2.05) is 13.0 Å². The van der Waals surface area contributed by atoms with Gasteiger partial charge in [-0.15, -0.1) is 0 Å². The highest BCUT2D eigenvalue weighted by Crippen LogP contribution is 2.31. The number of benzene rings is 2. The number of hydrogen-bond acceptors (Lipinski definition) is 3. The van der Waals surface area contributed by atoms with Crippen molar-refractivity contribution in [1.29, 1.82) is 5.26 Å². The Balaban J connectivity index is 2.44. The Labute approximate surface area is 104 Å². The van der Waals surface area contributed by atoms with E-state index in [0.717, 1.165) is 5.56 Å². The third-order valence-corrected chi connectivity index (χ3v) is 2.59. The molecule has 18 heavy (non-hydrogen) atoms. The Morgan fingerprint density at radius 1 is 1.17 bits per heavy atom. The summed E-state index contributed by atoms with van der Waals surface area (Å²) in [5.41, 5.74) is 7.07. The van der Waals surface area contributed by atoms with E-state index in [9.17, 15) is 4.39 Å². The second-order valence-electron chi connectivity index (χ2n) is 3.81. The van der Waals surface area contributed by atoms with Gasteiger partial charge >= 0.3 is 0 Å². The molecule has 0 unspecified atom stereocenters. The zero-order valence-electron chi connectivity index (χ0n) is 9.77. The summed E-state index contributed by atoms with van der Waals surface area (Å²) in [6, 6.07) is 11.3. The molecule has 2 rings (SSSR count). The largest absolute Gasteiger partial charge is 0.454 e. The van der Waals surface area contributed by atoms with Crippen LogP contribution in [0.1, 0.15) is 11.1 Å². The maximum Gasteiger partial charge on any atom is 0.150 e. The number of nitriles is 1. The summed E-state index contributed by atoms with van der Waals surface area (Å²) in [5, 5.41) is 8.90. The first-order valence-corrected chi connectivity index (χ1v) is 5.35. The molecule has 0 atom stereocenters. The van der Waals surface area contributed by atoms with Gasteiger partial charge in [0.15, 0.2) is 5.75 Å². The van der Waals surface area contributed by atoms with Gasteiger partial charge in [0.1, 0.15) is 23.2 Å². The molecule has 4 heteroatoms. The lowest BCUT2D eigenvalue weighted by molar-refractivity contribution is 0.476. The van der Waals surface area contributed by atoms with Gasteiger partial charge in [-0.2, -0.15) is 5.26 Å². The SMILES string of the molecule is Cc1cccc(Oc2cccc(F)c2C#N)c1N. The van der Waals surface area contributed by atoms with Crippen LogP contribution in [0.15, 0.2) is 36.4 Å². The highest BCUT2D eigenvalue weighted by atomic mass is 19.1. The first kappa shape index (κ1) is 11.9. The lowest BCUT2D eigenvalue weighted by Crippen LogP contribution is -1.97. The Kier molecular flexibility index (Phi) is 3.16. The van der Waals surface area contributed by atoms with Crippen molar-refractivity contribution in [2.45, 2.75) is 6.92 Å². The molecule has 0 saturated carbocycles. The van der Waals surface area contributed by atoms with Gasteiger partial charge in [0.05, 0.1) is 5.69 Å². The third-order valence-electron chi connectivity index (χ3n) is 2.59. The van der Waals surface area contributed by atoms with Gasteiger partial charge in [0, 0.05) is 0 Å². The van der Waals surface area contributed by atoms with E-state index in [2.05, 4.69) is 0 Å². The van der Waals surface area contributed by atoms with E-state index < -0.39 is 5.82 Å². The number of hydrogen-bond donors (Lipinski definition) is 1. The van der Waals surface area contributed by atoms with E-state index in [1.54, 1.807) is 18.2 Å². The molecule has 0 fully saturated rings. The van der Waals surface area contributed by atoms with Crippen LogP contribution in [0.2, 0.25) is 0 Å². The Bertz CT molecular complexity index is 632. The zero-order valence-corrected chi connectivity index (χ0v) is 9.77. The topological polar surface area (TPSA) is 59.0 Å². The van der Waals surface area contributed by atoms with Gasteiger partial charge in [-0.3, -0.25) is 0 Å². The fraction of sp³-hybridized carbons (Fsp3) is 0.0714. The number of rotatable bonds is 2. The number of ether oxygens (including phenoxy) is 1. The standard InChI is InChI=1S/C14H11FN2O/c1-9-4-2-7-13(14(9)17)18-12-6-3-5-11(15)10(12)8-16/h2-7H,17H2,1H3. The quantitative estimate of drug-likeness (QED) is 0.821. The minimum Gasteiger partial charge on any atom is -0.454 e. The van der Waals surface area contributed by atoms with Crippen LogP contribution in [0.3, 0.4) is 0 Å². The van der Waals surface area contributed by atoms with Crippen LogP contribution in [0.25, 0.3) is 0 Å². The molecule has 0 bridgehead atoms. The van der Waals surface area contributed by atoms with Crippen molar-refractivity contribution in [2.24, 2.45) is 0 Å². The molecule has 90 valence electrons. The molecule has 0 spiro atoms. The summed E-state index contributed by atoms with van der Waals surface area (Å²) >= 11 is 0. The van der Waals surface area contributed by atoms with Crippen LogP contribution in [0, 0.1) is 24.1 Å². The van der Waals surface area contributed by atoms with Gasteiger partial charge < -0.3 is 10.5 Å². The highest BCUT2D eigenvalue weighted by molar-refractivity contribution is 5.60. The maximum absolute atomic E-state index is 13.4. The minimum absolute atomic E-state index is 0.126. The number of nitrogens with zero attached hydrogens (tertiary/aromatic N) is 1. The van der Waals surface area contributed by atoms with Crippen LogP contribution in [-0.4, -0.2) is 0 Å². The summed E-state index contributed by atoms with van der Waals surface area (Å²) < 4.78 is 18.9. The second-order valence-corrected chi connectivity index (χ2v) is 3.81. The molecule has 0 amide bonds.